The summed E-state index contributed by atoms with van der Waals surface area (Å²) in [5, 5.41) is 12.8. The molecule has 2 nitrogen and oxygen atoms in total. The van der Waals surface area contributed by atoms with Crippen LogP contribution in [0, 0.1) is 0 Å². The molecule has 0 unspecified atom stereocenters. The van der Waals surface area contributed by atoms with E-state index in [0.717, 1.165) is 32.4 Å². The van der Waals surface area contributed by atoms with Crippen molar-refractivity contribution in [3.63, 3.8) is 0 Å². The van der Waals surface area contributed by atoms with Gasteiger partial charge in [-0.1, -0.05) is 13.3 Å². The van der Waals surface area contributed by atoms with Gasteiger partial charge in [0.2, 0.25) is 0 Å². The number of rotatable bonds is 2. The maximum atomic E-state index is 9.63. The predicted molar refractivity (Wildman–Crippen MR) is 37.3 cm³/mol. The Bertz CT molecular complexity index is 86.9. The van der Waals surface area contributed by atoms with Gasteiger partial charge in [-0.05, 0) is 19.4 Å². The molecule has 0 radical (unpaired) electrons. The third kappa shape index (κ3) is 1.66. The highest BCUT2D eigenvalue weighted by Gasteiger charge is 2.29. The lowest BCUT2D eigenvalue weighted by molar-refractivity contribution is 0.0516. The fourth-order valence-electron chi connectivity index (χ4n) is 1.41. The molecule has 9 heavy (non-hydrogen) atoms. The number of hydrogen-bond donors (Lipinski definition) is 2. The van der Waals surface area contributed by atoms with Crippen LogP contribution in [0.15, 0.2) is 0 Å². The van der Waals surface area contributed by atoms with Crippen molar-refractivity contribution in [1.29, 1.82) is 0 Å². The zero-order valence-electron chi connectivity index (χ0n) is 5.98. The first kappa shape index (κ1) is 7.03. The first-order chi connectivity index (χ1) is 4.27. The Hall–Kier alpha value is -0.0800. The van der Waals surface area contributed by atoms with E-state index in [1.165, 1.54) is 0 Å². The van der Waals surface area contributed by atoms with E-state index < -0.39 is 0 Å². The van der Waals surface area contributed by atoms with Crippen molar-refractivity contribution in [2.75, 3.05) is 13.1 Å². The Balaban J connectivity index is 2.32. The fraction of sp³-hybridized carbons (Fsp3) is 1.00. The molecule has 1 fully saturated rings. The minimum Gasteiger partial charge on any atom is -0.389 e. The SMILES string of the molecule is CCC[C@@]1(O)CCNC1. The van der Waals surface area contributed by atoms with Crippen LogP contribution in [-0.4, -0.2) is 23.8 Å². The quantitative estimate of drug-likeness (QED) is 0.569. The molecule has 1 rings (SSSR count). The van der Waals surface area contributed by atoms with Gasteiger partial charge in [-0.15, -0.1) is 0 Å². The molecule has 0 saturated carbocycles. The first-order valence-corrected chi connectivity index (χ1v) is 3.70. The zero-order valence-corrected chi connectivity index (χ0v) is 5.98. The molecule has 0 bridgehead atoms. The zero-order chi connectivity index (χ0) is 6.74. The maximum absolute atomic E-state index is 9.63. The van der Waals surface area contributed by atoms with Crippen LogP contribution in [-0.2, 0) is 0 Å². The normalized spacial score (nSPS) is 35.3. The molecule has 0 aliphatic carbocycles. The van der Waals surface area contributed by atoms with Crippen molar-refractivity contribution in [3.05, 3.63) is 0 Å². The third-order valence-corrected chi connectivity index (χ3v) is 1.94. The van der Waals surface area contributed by atoms with Crippen LogP contribution in [0.2, 0.25) is 0 Å². The van der Waals surface area contributed by atoms with Gasteiger partial charge >= 0.3 is 0 Å². The lowest BCUT2D eigenvalue weighted by Crippen LogP contribution is -2.30. The number of nitrogens with one attached hydrogen (secondary N) is 1. The van der Waals surface area contributed by atoms with E-state index in [4.69, 9.17) is 0 Å². The highest BCUT2D eigenvalue weighted by atomic mass is 16.3. The van der Waals surface area contributed by atoms with Crippen LogP contribution in [0.1, 0.15) is 26.2 Å². The molecule has 1 aliphatic heterocycles. The van der Waals surface area contributed by atoms with Crippen LogP contribution < -0.4 is 5.32 Å². The molecular formula is C7H15NO. The van der Waals surface area contributed by atoms with Crippen molar-refractivity contribution >= 4 is 0 Å². The lowest BCUT2D eigenvalue weighted by Gasteiger charge is -2.19. The van der Waals surface area contributed by atoms with Gasteiger partial charge in [0.25, 0.3) is 0 Å². The minimum absolute atomic E-state index is 0.366. The Morgan fingerprint density at radius 1 is 1.67 bits per heavy atom. The third-order valence-electron chi connectivity index (χ3n) is 1.94. The topological polar surface area (TPSA) is 32.3 Å². The summed E-state index contributed by atoms with van der Waals surface area (Å²) in [4.78, 5) is 0. The van der Waals surface area contributed by atoms with Crippen LogP contribution in [0.4, 0.5) is 0 Å². The van der Waals surface area contributed by atoms with Gasteiger partial charge in [0.05, 0.1) is 5.60 Å². The standard InChI is InChI=1S/C7H15NO/c1-2-3-7(9)4-5-8-6-7/h8-9H,2-6H2,1H3/t7-/m1/s1. The average Bonchev–Trinajstić information content (AvgIpc) is 2.16. The molecule has 2 N–H and O–H groups in total. The van der Waals surface area contributed by atoms with E-state index in [9.17, 15) is 5.11 Å². The molecule has 0 aromatic carbocycles. The highest BCUT2D eigenvalue weighted by Crippen LogP contribution is 2.19. The van der Waals surface area contributed by atoms with Crippen molar-refractivity contribution in [2.24, 2.45) is 0 Å². The van der Waals surface area contributed by atoms with Crippen molar-refractivity contribution in [1.82, 2.24) is 5.32 Å². The van der Waals surface area contributed by atoms with Gasteiger partial charge < -0.3 is 10.4 Å². The van der Waals surface area contributed by atoms with Gasteiger partial charge in [-0.3, -0.25) is 0 Å². The minimum atomic E-state index is -0.366. The van der Waals surface area contributed by atoms with Crippen LogP contribution in [0.25, 0.3) is 0 Å². The molecule has 0 amide bonds. The predicted octanol–water partition coefficient (Wildman–Crippen LogP) is 0.511. The van der Waals surface area contributed by atoms with Gasteiger partial charge in [-0.25, -0.2) is 0 Å². The Labute approximate surface area is 56.3 Å². The molecule has 2 heteroatoms. The second-order valence-electron chi connectivity index (χ2n) is 2.90. The van der Waals surface area contributed by atoms with Crippen LogP contribution in [0.3, 0.4) is 0 Å². The summed E-state index contributed by atoms with van der Waals surface area (Å²) in [6, 6.07) is 0. The monoisotopic (exact) mass is 129 g/mol. The van der Waals surface area contributed by atoms with Crippen LogP contribution in [0.5, 0.6) is 0 Å². The van der Waals surface area contributed by atoms with E-state index in [0.29, 0.717) is 0 Å². The highest BCUT2D eigenvalue weighted by molar-refractivity contribution is 4.86. The van der Waals surface area contributed by atoms with Gasteiger partial charge in [0.1, 0.15) is 0 Å². The first-order valence-electron chi connectivity index (χ1n) is 3.70. The number of aliphatic hydroxyl groups is 1. The summed E-state index contributed by atoms with van der Waals surface area (Å²) >= 11 is 0. The van der Waals surface area contributed by atoms with E-state index in [1.807, 2.05) is 0 Å². The van der Waals surface area contributed by atoms with Crippen molar-refractivity contribution in [2.45, 2.75) is 31.8 Å². The fourth-order valence-corrected chi connectivity index (χ4v) is 1.41. The second-order valence-corrected chi connectivity index (χ2v) is 2.90. The summed E-state index contributed by atoms with van der Waals surface area (Å²) in [7, 11) is 0. The molecule has 0 spiro atoms. The summed E-state index contributed by atoms with van der Waals surface area (Å²) < 4.78 is 0. The molecule has 1 saturated heterocycles. The Morgan fingerprint density at radius 2 is 2.44 bits per heavy atom. The summed E-state index contributed by atoms with van der Waals surface area (Å²) in [5.41, 5.74) is -0.366. The molecule has 1 heterocycles. The molecular weight excluding hydrogens is 114 g/mol. The molecule has 1 atom stereocenters. The van der Waals surface area contributed by atoms with Gasteiger partial charge in [-0.2, -0.15) is 0 Å². The van der Waals surface area contributed by atoms with Gasteiger partial charge in [0, 0.05) is 6.54 Å². The van der Waals surface area contributed by atoms with E-state index in [1.54, 1.807) is 0 Å². The molecule has 0 aromatic rings. The van der Waals surface area contributed by atoms with E-state index in [2.05, 4.69) is 12.2 Å². The van der Waals surface area contributed by atoms with E-state index >= 15 is 0 Å². The van der Waals surface area contributed by atoms with E-state index in [-0.39, 0.29) is 5.60 Å². The second kappa shape index (κ2) is 2.67. The smallest absolute Gasteiger partial charge is 0.0783 e. The number of hydrogen-bond acceptors (Lipinski definition) is 2. The van der Waals surface area contributed by atoms with Gasteiger partial charge in [0.15, 0.2) is 0 Å². The average molecular weight is 129 g/mol. The number of β-amino-alcohol motifs (C(OH)–C–C–N with tert-alkyl or cyclic N) is 1. The Morgan fingerprint density at radius 3 is 2.89 bits per heavy atom. The van der Waals surface area contributed by atoms with Crippen molar-refractivity contribution in [3.8, 4) is 0 Å². The molecule has 54 valence electrons. The van der Waals surface area contributed by atoms with Crippen molar-refractivity contribution < 1.29 is 5.11 Å². The lowest BCUT2D eigenvalue weighted by atomic mass is 9.98. The Kier molecular flexibility index (Phi) is 2.09. The molecule has 0 aromatic heterocycles. The summed E-state index contributed by atoms with van der Waals surface area (Å²) in [6.45, 7) is 3.88. The largest absolute Gasteiger partial charge is 0.389 e. The van der Waals surface area contributed by atoms with Crippen LogP contribution >= 0.6 is 0 Å². The summed E-state index contributed by atoms with van der Waals surface area (Å²) in [5.74, 6) is 0. The summed E-state index contributed by atoms with van der Waals surface area (Å²) in [6.07, 6.45) is 2.96. The molecule has 1 aliphatic rings. The maximum Gasteiger partial charge on any atom is 0.0783 e.